The predicted molar refractivity (Wildman–Crippen MR) is 255 cm³/mol. The lowest BCUT2D eigenvalue weighted by molar-refractivity contribution is 1.07. The van der Waals surface area contributed by atoms with Gasteiger partial charge in [0.15, 0.2) is 17.5 Å². The molecule has 13 aromatic rings. The number of rotatable bonds is 5. The molecule has 0 radical (unpaired) electrons. The van der Waals surface area contributed by atoms with Gasteiger partial charge in [0.2, 0.25) is 0 Å². The van der Waals surface area contributed by atoms with Crippen LogP contribution in [0.4, 0.5) is 0 Å². The minimum Gasteiger partial charge on any atom is -0.309 e. The summed E-state index contributed by atoms with van der Waals surface area (Å²) in [5.74, 6) is 1.94. The van der Waals surface area contributed by atoms with Crippen molar-refractivity contribution >= 4 is 85.9 Å². The van der Waals surface area contributed by atoms with Crippen molar-refractivity contribution in [1.29, 1.82) is 0 Å². The third kappa shape index (κ3) is 5.22. The molecule has 0 aliphatic carbocycles. The van der Waals surface area contributed by atoms with E-state index in [0.29, 0.717) is 17.5 Å². The Bertz CT molecular complexity index is 3810. The maximum absolute atomic E-state index is 5.14. The van der Waals surface area contributed by atoms with Gasteiger partial charge in [0, 0.05) is 74.9 Å². The Hall–Kier alpha value is -7.93. The first-order valence-electron chi connectivity index (χ1n) is 20.5. The predicted octanol–water partition coefficient (Wildman–Crippen LogP) is 14.6. The van der Waals surface area contributed by atoms with Crippen molar-refractivity contribution < 1.29 is 0 Å². The van der Waals surface area contributed by atoms with E-state index in [2.05, 4.69) is 173 Å². The van der Waals surface area contributed by atoms with E-state index in [4.69, 9.17) is 15.0 Å². The van der Waals surface area contributed by atoms with Gasteiger partial charge in [-0.3, -0.25) is 0 Å². The summed E-state index contributed by atoms with van der Waals surface area (Å²) in [7, 11) is 0. The van der Waals surface area contributed by atoms with Crippen LogP contribution in [0.2, 0.25) is 0 Å². The van der Waals surface area contributed by atoms with Gasteiger partial charge in [-0.2, -0.15) is 0 Å². The van der Waals surface area contributed by atoms with Crippen molar-refractivity contribution in [2.75, 3.05) is 0 Å². The highest BCUT2D eigenvalue weighted by atomic mass is 32.1. The Labute approximate surface area is 354 Å². The van der Waals surface area contributed by atoms with Crippen molar-refractivity contribution in [3.05, 3.63) is 200 Å². The standard InChI is InChI=1S/C55H33N5S/c1-4-16-34(17-5-1)53-56-54(35-18-6-2-7-19-35)58-55(57-53)36-28-29-40-44(30-36)52-45(41-24-12-15-27-51(41)61-52)32-48(40)60-47-26-14-11-23-39(47)43-31-42-38-22-10-13-25-46(38)59(49(42)33-50(43)60)37-20-8-3-9-21-37/h1-33H. The first-order chi connectivity index (χ1) is 30.2. The van der Waals surface area contributed by atoms with Crippen LogP contribution in [0, 0.1) is 0 Å². The van der Waals surface area contributed by atoms with Crippen molar-refractivity contribution in [2.45, 2.75) is 0 Å². The number of hydrogen-bond donors (Lipinski definition) is 0. The number of nitrogens with zero attached hydrogens (tertiary/aromatic N) is 5. The molecule has 0 amide bonds. The Morgan fingerprint density at radius 2 is 0.820 bits per heavy atom. The Morgan fingerprint density at radius 3 is 1.48 bits per heavy atom. The molecule has 9 aromatic carbocycles. The van der Waals surface area contributed by atoms with Crippen LogP contribution in [0.25, 0.3) is 120 Å². The second-order valence-corrected chi connectivity index (χ2v) is 16.6. The molecule has 6 heteroatoms. The summed E-state index contributed by atoms with van der Waals surface area (Å²) in [5.41, 5.74) is 9.82. The Balaban J connectivity index is 1.12. The largest absolute Gasteiger partial charge is 0.309 e. The summed E-state index contributed by atoms with van der Waals surface area (Å²) in [5, 5.41) is 9.75. The highest BCUT2D eigenvalue weighted by Crippen LogP contribution is 2.45. The van der Waals surface area contributed by atoms with Gasteiger partial charge in [-0.15, -0.1) is 11.3 Å². The molecule has 4 aromatic heterocycles. The third-order valence-corrected chi connectivity index (χ3v) is 13.4. The van der Waals surface area contributed by atoms with Gasteiger partial charge in [-0.25, -0.2) is 15.0 Å². The third-order valence-electron chi connectivity index (χ3n) is 12.1. The molecule has 0 atom stereocenters. The minimum atomic E-state index is 0.641. The summed E-state index contributed by atoms with van der Waals surface area (Å²) in [4.78, 5) is 15.3. The molecule has 0 unspecified atom stereocenters. The van der Waals surface area contributed by atoms with Gasteiger partial charge < -0.3 is 9.13 Å². The first-order valence-corrected chi connectivity index (χ1v) is 21.3. The fraction of sp³-hybridized carbons (Fsp3) is 0. The first kappa shape index (κ1) is 34.0. The smallest absolute Gasteiger partial charge is 0.164 e. The lowest BCUT2D eigenvalue weighted by atomic mass is 10.0. The van der Waals surface area contributed by atoms with Crippen LogP contribution >= 0.6 is 11.3 Å². The monoisotopic (exact) mass is 795 g/mol. The van der Waals surface area contributed by atoms with Crippen LogP contribution in [0.15, 0.2) is 200 Å². The van der Waals surface area contributed by atoms with Crippen LogP contribution < -0.4 is 0 Å². The van der Waals surface area contributed by atoms with Gasteiger partial charge in [-0.1, -0.05) is 146 Å². The maximum Gasteiger partial charge on any atom is 0.164 e. The summed E-state index contributed by atoms with van der Waals surface area (Å²) in [6.45, 7) is 0. The van der Waals surface area contributed by atoms with E-state index in [9.17, 15) is 0 Å². The average molecular weight is 796 g/mol. The molecule has 0 aliphatic heterocycles. The number of thiophene rings is 1. The van der Waals surface area contributed by atoms with Crippen LogP contribution in [-0.4, -0.2) is 24.1 Å². The number of para-hydroxylation sites is 3. The SMILES string of the molecule is c1ccc(-c2nc(-c3ccccc3)nc(-c3ccc4c(-n5c6ccccc6c6cc7c8ccccc8n(-c8ccccc8)c7cc65)cc5c6ccccc6sc5c4c3)n2)cc1. The quantitative estimate of drug-likeness (QED) is 0.174. The Kier molecular flexibility index (Phi) is 7.41. The molecule has 5 nitrogen and oxygen atoms in total. The highest BCUT2D eigenvalue weighted by molar-refractivity contribution is 7.26. The normalized spacial score (nSPS) is 11.9. The summed E-state index contributed by atoms with van der Waals surface area (Å²) >= 11 is 1.85. The number of hydrogen-bond acceptors (Lipinski definition) is 4. The zero-order valence-corrected chi connectivity index (χ0v) is 33.5. The van der Waals surface area contributed by atoms with Gasteiger partial charge in [0.1, 0.15) is 0 Å². The molecular formula is C55H33N5S. The Morgan fingerprint density at radius 1 is 0.311 bits per heavy atom. The minimum absolute atomic E-state index is 0.641. The topological polar surface area (TPSA) is 48.5 Å². The van der Waals surface area contributed by atoms with Gasteiger partial charge in [0.05, 0.1) is 27.8 Å². The van der Waals surface area contributed by atoms with Crippen molar-refractivity contribution in [1.82, 2.24) is 24.1 Å². The lowest BCUT2D eigenvalue weighted by Crippen LogP contribution is -2.00. The van der Waals surface area contributed by atoms with E-state index in [1.807, 2.05) is 47.7 Å². The van der Waals surface area contributed by atoms with Crippen LogP contribution in [0.5, 0.6) is 0 Å². The van der Waals surface area contributed by atoms with E-state index in [0.717, 1.165) is 39.0 Å². The van der Waals surface area contributed by atoms with Gasteiger partial charge in [-0.05, 0) is 54.6 Å². The summed E-state index contributed by atoms with van der Waals surface area (Å²) in [6, 6.07) is 71.5. The maximum atomic E-state index is 5.14. The fourth-order valence-electron chi connectivity index (χ4n) is 9.39. The number of benzene rings is 9. The highest BCUT2D eigenvalue weighted by Gasteiger charge is 2.22. The zero-order valence-electron chi connectivity index (χ0n) is 32.7. The summed E-state index contributed by atoms with van der Waals surface area (Å²) < 4.78 is 7.41. The zero-order chi connectivity index (χ0) is 40.0. The average Bonchev–Trinajstić information content (AvgIpc) is 3.98. The summed E-state index contributed by atoms with van der Waals surface area (Å²) in [6.07, 6.45) is 0. The van der Waals surface area contributed by atoms with E-state index in [1.54, 1.807) is 0 Å². The molecule has 0 aliphatic rings. The molecule has 0 fully saturated rings. The second-order valence-electron chi connectivity index (χ2n) is 15.6. The van der Waals surface area contributed by atoms with Crippen molar-refractivity contribution in [2.24, 2.45) is 0 Å². The second kappa shape index (κ2) is 13.3. The van der Waals surface area contributed by atoms with E-state index < -0.39 is 0 Å². The molecule has 0 saturated heterocycles. The molecule has 0 bridgehead atoms. The molecule has 13 rings (SSSR count). The van der Waals surface area contributed by atoms with Crippen molar-refractivity contribution in [3.63, 3.8) is 0 Å². The van der Waals surface area contributed by atoms with Crippen molar-refractivity contribution in [3.8, 4) is 45.5 Å². The van der Waals surface area contributed by atoms with E-state index in [1.165, 1.54) is 63.7 Å². The molecule has 0 saturated carbocycles. The van der Waals surface area contributed by atoms with E-state index in [-0.39, 0.29) is 0 Å². The molecular weight excluding hydrogens is 763 g/mol. The fourth-order valence-corrected chi connectivity index (χ4v) is 10.6. The molecule has 0 N–H and O–H groups in total. The molecule has 4 heterocycles. The van der Waals surface area contributed by atoms with Crippen LogP contribution in [-0.2, 0) is 0 Å². The molecule has 284 valence electrons. The van der Waals surface area contributed by atoms with E-state index >= 15 is 0 Å². The lowest BCUT2D eigenvalue weighted by Gasteiger charge is -2.15. The molecule has 0 spiro atoms. The van der Waals surface area contributed by atoms with Gasteiger partial charge in [0.25, 0.3) is 0 Å². The van der Waals surface area contributed by atoms with Crippen LogP contribution in [0.1, 0.15) is 0 Å². The number of aromatic nitrogens is 5. The van der Waals surface area contributed by atoms with Gasteiger partial charge >= 0.3 is 0 Å². The van der Waals surface area contributed by atoms with Crippen LogP contribution in [0.3, 0.4) is 0 Å². The number of fused-ring (bicyclic) bond motifs is 11. The molecule has 61 heavy (non-hydrogen) atoms.